The second-order valence-electron chi connectivity index (χ2n) is 13.3. The second kappa shape index (κ2) is 16.4. The van der Waals surface area contributed by atoms with E-state index < -0.39 is 5.91 Å². The number of benzene rings is 3. The van der Waals surface area contributed by atoms with Gasteiger partial charge in [-0.15, -0.1) is 0 Å². The van der Waals surface area contributed by atoms with Crippen LogP contribution in [0.5, 0.6) is 5.75 Å². The van der Waals surface area contributed by atoms with Crippen LogP contribution >= 0.6 is 11.6 Å². The van der Waals surface area contributed by atoms with Gasteiger partial charge in [-0.05, 0) is 104 Å². The number of amides is 2. The van der Waals surface area contributed by atoms with E-state index in [0.717, 1.165) is 63.5 Å². The van der Waals surface area contributed by atoms with Crippen LogP contribution in [0.1, 0.15) is 97.9 Å². The Labute approximate surface area is 293 Å². The van der Waals surface area contributed by atoms with E-state index in [9.17, 15) is 14.4 Å². The first-order valence-corrected chi connectivity index (χ1v) is 18.0. The molecule has 0 bridgehead atoms. The number of fused-ring (bicyclic) bond motifs is 1. The normalized spacial score (nSPS) is 17.2. The minimum atomic E-state index is -0.437. The molecule has 1 atom stereocenters. The zero-order valence-electron chi connectivity index (χ0n) is 28.2. The molecule has 1 aliphatic carbocycles. The van der Waals surface area contributed by atoms with E-state index in [1.807, 2.05) is 29.2 Å². The van der Waals surface area contributed by atoms with Gasteiger partial charge in [0.25, 0.3) is 5.91 Å². The summed E-state index contributed by atoms with van der Waals surface area (Å²) in [6.45, 7) is 4.19. The highest BCUT2D eigenvalue weighted by molar-refractivity contribution is 6.30. The van der Waals surface area contributed by atoms with Gasteiger partial charge in [0.15, 0.2) is 11.2 Å². The number of allylic oxidation sites excluding steroid dienone is 1. The number of ether oxygens (including phenoxy) is 1. The fourth-order valence-electron chi connectivity index (χ4n) is 7.00. The molecule has 1 aliphatic heterocycles. The summed E-state index contributed by atoms with van der Waals surface area (Å²) < 4.78 is 11.7. The largest absolute Gasteiger partial charge is 0.494 e. The SMILES string of the molecule is CCCCOc1ccc2oc(C(=O)N[C@H](C=C3CCC(c4ccccc4CN4CCCCC4=O)CC3)Cc3ccc(Cl)cc3)cc(=O)c2c1. The van der Waals surface area contributed by atoms with Gasteiger partial charge in [0.05, 0.1) is 18.0 Å². The third-order valence-electron chi connectivity index (χ3n) is 9.72. The van der Waals surface area contributed by atoms with Gasteiger partial charge < -0.3 is 19.4 Å². The Balaban J connectivity index is 1.17. The summed E-state index contributed by atoms with van der Waals surface area (Å²) in [5, 5.41) is 4.18. The van der Waals surface area contributed by atoms with Gasteiger partial charge in [-0.3, -0.25) is 14.4 Å². The lowest BCUT2D eigenvalue weighted by Gasteiger charge is -2.31. The molecule has 2 amide bonds. The van der Waals surface area contributed by atoms with E-state index in [2.05, 4.69) is 42.6 Å². The monoisotopic (exact) mass is 680 g/mol. The van der Waals surface area contributed by atoms with Crippen molar-refractivity contribution in [3.05, 3.63) is 122 Å². The molecule has 2 fully saturated rings. The summed E-state index contributed by atoms with van der Waals surface area (Å²) in [6.07, 6.45) is 11.2. The quantitative estimate of drug-likeness (QED) is 0.119. The third kappa shape index (κ3) is 9.01. The number of rotatable bonds is 12. The molecule has 2 heterocycles. The first kappa shape index (κ1) is 34.5. The van der Waals surface area contributed by atoms with E-state index in [4.69, 9.17) is 20.8 Å². The van der Waals surface area contributed by atoms with Crippen LogP contribution in [0.3, 0.4) is 0 Å². The van der Waals surface area contributed by atoms with Crippen LogP contribution in [0.2, 0.25) is 5.02 Å². The molecule has 0 radical (unpaired) electrons. The summed E-state index contributed by atoms with van der Waals surface area (Å²) in [6, 6.07) is 22.3. The van der Waals surface area contributed by atoms with E-state index in [1.54, 1.807) is 18.2 Å². The smallest absolute Gasteiger partial charge is 0.287 e. The van der Waals surface area contributed by atoms with Gasteiger partial charge in [0, 0.05) is 30.6 Å². The molecule has 8 heteroatoms. The second-order valence-corrected chi connectivity index (χ2v) is 13.8. The molecule has 1 aromatic heterocycles. The lowest BCUT2D eigenvalue weighted by molar-refractivity contribution is -0.133. The molecule has 49 heavy (non-hydrogen) atoms. The van der Waals surface area contributed by atoms with Crippen LogP contribution in [0.4, 0.5) is 0 Å². The van der Waals surface area contributed by atoms with E-state index >= 15 is 0 Å². The summed E-state index contributed by atoms with van der Waals surface area (Å²) in [7, 11) is 0. The molecular weight excluding hydrogens is 636 g/mol. The minimum absolute atomic E-state index is 0.0239. The Kier molecular flexibility index (Phi) is 11.5. The lowest BCUT2D eigenvalue weighted by atomic mass is 9.79. The number of carbonyl (C=O) groups is 2. The zero-order valence-corrected chi connectivity index (χ0v) is 29.0. The number of likely N-dealkylation sites (tertiary alicyclic amines) is 1. The molecule has 0 unspecified atom stereocenters. The lowest BCUT2D eigenvalue weighted by Crippen LogP contribution is -2.36. The molecule has 6 rings (SSSR count). The fraction of sp³-hybridized carbons (Fsp3) is 0.390. The highest BCUT2D eigenvalue weighted by atomic mass is 35.5. The van der Waals surface area contributed by atoms with Gasteiger partial charge in [-0.25, -0.2) is 0 Å². The van der Waals surface area contributed by atoms with Crippen LogP contribution in [0.25, 0.3) is 11.0 Å². The number of nitrogens with zero attached hydrogens (tertiary/aromatic N) is 1. The van der Waals surface area contributed by atoms with Gasteiger partial charge in [0.1, 0.15) is 11.3 Å². The van der Waals surface area contributed by atoms with Crippen molar-refractivity contribution in [1.29, 1.82) is 0 Å². The molecule has 0 spiro atoms. The first-order chi connectivity index (χ1) is 23.9. The molecule has 1 N–H and O–H groups in total. The molecular formula is C41H45ClN2O5. The van der Waals surface area contributed by atoms with Crippen molar-refractivity contribution in [3.63, 3.8) is 0 Å². The van der Waals surface area contributed by atoms with E-state index in [1.165, 1.54) is 22.8 Å². The Hall–Kier alpha value is -4.36. The molecule has 1 saturated heterocycles. The fourth-order valence-corrected chi connectivity index (χ4v) is 7.12. The molecule has 4 aromatic rings. The third-order valence-corrected chi connectivity index (χ3v) is 9.97. The first-order valence-electron chi connectivity index (χ1n) is 17.7. The van der Waals surface area contributed by atoms with Crippen LogP contribution in [-0.4, -0.2) is 35.9 Å². The maximum Gasteiger partial charge on any atom is 0.287 e. The van der Waals surface area contributed by atoms with Gasteiger partial charge in [-0.1, -0.05) is 73.0 Å². The van der Waals surface area contributed by atoms with Crippen LogP contribution in [0, 0.1) is 0 Å². The summed E-state index contributed by atoms with van der Waals surface area (Å²) in [4.78, 5) is 41.2. The predicted octanol–water partition coefficient (Wildman–Crippen LogP) is 8.76. The summed E-state index contributed by atoms with van der Waals surface area (Å²) in [5.41, 5.74) is 4.99. The number of hydrogen-bond acceptors (Lipinski definition) is 5. The maximum absolute atomic E-state index is 13.6. The minimum Gasteiger partial charge on any atom is -0.494 e. The summed E-state index contributed by atoms with van der Waals surface area (Å²) >= 11 is 6.16. The van der Waals surface area contributed by atoms with Crippen molar-refractivity contribution in [3.8, 4) is 5.75 Å². The van der Waals surface area contributed by atoms with E-state index in [0.29, 0.717) is 53.7 Å². The summed E-state index contributed by atoms with van der Waals surface area (Å²) in [5.74, 6) is 0.822. The molecule has 1 saturated carbocycles. The van der Waals surface area contributed by atoms with Crippen molar-refractivity contribution in [2.45, 2.75) is 89.6 Å². The standard InChI is InChI=1S/C41H45ClN2O5/c1-2-3-22-48-34-19-20-38-36(25-34)37(45)26-39(49-38)41(47)43-33(24-29-13-17-32(42)18-14-29)23-28-11-15-30(16-12-28)35-9-5-4-8-31(35)27-44-21-7-6-10-40(44)46/h4-5,8-9,13-14,17-20,23,25-26,30,33H,2-3,6-7,10-12,15-16,21-22,24,27H2,1H3,(H,43,47)/t30?,33-/m1/s1. The van der Waals surface area contributed by atoms with Crippen molar-refractivity contribution in [1.82, 2.24) is 10.2 Å². The zero-order chi connectivity index (χ0) is 34.2. The van der Waals surface area contributed by atoms with Gasteiger partial charge >= 0.3 is 0 Å². The maximum atomic E-state index is 13.6. The number of piperidine rings is 1. The highest BCUT2D eigenvalue weighted by Crippen LogP contribution is 2.38. The van der Waals surface area contributed by atoms with Crippen LogP contribution in [0.15, 0.2) is 93.7 Å². The number of carbonyl (C=O) groups excluding carboxylic acids is 2. The topological polar surface area (TPSA) is 88.8 Å². The van der Waals surface area contributed by atoms with Crippen LogP contribution in [-0.2, 0) is 17.8 Å². The number of hydrogen-bond donors (Lipinski definition) is 1. The van der Waals surface area contributed by atoms with Crippen molar-refractivity contribution in [2.24, 2.45) is 0 Å². The van der Waals surface area contributed by atoms with Gasteiger partial charge in [-0.2, -0.15) is 0 Å². The Morgan fingerprint density at radius 1 is 1.02 bits per heavy atom. The Bertz CT molecular complexity index is 1850. The number of halogens is 1. The molecule has 256 valence electrons. The van der Waals surface area contributed by atoms with Crippen molar-refractivity contribution < 1.29 is 18.7 Å². The Morgan fingerprint density at radius 3 is 2.59 bits per heavy atom. The van der Waals surface area contributed by atoms with Crippen LogP contribution < -0.4 is 15.5 Å². The van der Waals surface area contributed by atoms with Crippen molar-refractivity contribution >= 4 is 34.4 Å². The molecule has 3 aromatic carbocycles. The average Bonchev–Trinajstić information content (AvgIpc) is 3.11. The van der Waals surface area contributed by atoms with Gasteiger partial charge in [0.2, 0.25) is 5.91 Å². The average molecular weight is 681 g/mol. The predicted molar refractivity (Wildman–Crippen MR) is 194 cm³/mol. The molecule has 2 aliphatic rings. The van der Waals surface area contributed by atoms with E-state index in [-0.39, 0.29) is 23.1 Å². The van der Waals surface area contributed by atoms with Crippen molar-refractivity contribution in [2.75, 3.05) is 13.2 Å². The highest BCUT2D eigenvalue weighted by Gasteiger charge is 2.25. The number of nitrogens with one attached hydrogen (secondary N) is 1. The number of unbranched alkanes of at least 4 members (excludes halogenated alkanes) is 1. The Morgan fingerprint density at radius 2 is 1.82 bits per heavy atom. The molecule has 7 nitrogen and oxygen atoms in total.